The van der Waals surface area contributed by atoms with Gasteiger partial charge < -0.3 is 4.74 Å². The highest BCUT2D eigenvalue weighted by molar-refractivity contribution is 9.10. The van der Waals surface area contributed by atoms with Crippen molar-refractivity contribution in [3.63, 3.8) is 0 Å². The summed E-state index contributed by atoms with van der Waals surface area (Å²) in [5.74, 6) is 0.981. The van der Waals surface area contributed by atoms with Gasteiger partial charge in [-0.05, 0) is 42.7 Å². The van der Waals surface area contributed by atoms with Gasteiger partial charge in [-0.25, -0.2) is 8.97 Å². The van der Waals surface area contributed by atoms with Crippen LogP contribution in [0.15, 0.2) is 63.0 Å². The predicted molar refractivity (Wildman–Crippen MR) is 155 cm³/mol. The number of Topliss-reactive ketones (excluding diaryl/α,β-unsaturated/α-hetero) is 1. The number of fused-ring (bicyclic) bond motifs is 5. The molecule has 3 aromatic heterocycles. The average molecular weight is 610 g/mol. The Morgan fingerprint density at radius 1 is 1.16 bits per heavy atom. The highest BCUT2D eigenvalue weighted by Crippen LogP contribution is 2.37. The van der Waals surface area contributed by atoms with E-state index in [1.54, 1.807) is 28.0 Å². The van der Waals surface area contributed by atoms with Crippen LogP contribution in [0.1, 0.15) is 40.2 Å². The second-order valence-corrected chi connectivity index (χ2v) is 12.7. The van der Waals surface area contributed by atoms with Crippen LogP contribution in [0, 0.1) is 12.8 Å². The third-order valence-electron chi connectivity index (χ3n) is 6.88. The van der Waals surface area contributed by atoms with Gasteiger partial charge in [0, 0.05) is 21.3 Å². The van der Waals surface area contributed by atoms with Gasteiger partial charge in [-0.2, -0.15) is 0 Å². The molecule has 0 saturated carbocycles. The molecule has 10 heteroatoms. The molecule has 1 aliphatic heterocycles. The quantitative estimate of drug-likeness (QED) is 0.168. The van der Waals surface area contributed by atoms with Crippen molar-refractivity contribution in [2.24, 2.45) is 5.92 Å². The number of aryl methyl sites for hydroxylation is 1. The Morgan fingerprint density at radius 3 is 2.61 bits per heavy atom. The van der Waals surface area contributed by atoms with Gasteiger partial charge in [0.2, 0.25) is 5.78 Å². The van der Waals surface area contributed by atoms with Crippen molar-refractivity contribution in [1.82, 2.24) is 19.2 Å². The molecule has 38 heavy (non-hydrogen) atoms. The molecule has 0 fully saturated rings. The van der Waals surface area contributed by atoms with Gasteiger partial charge in [0.1, 0.15) is 4.83 Å². The maximum Gasteiger partial charge on any atom is 0.268 e. The van der Waals surface area contributed by atoms with Crippen LogP contribution >= 0.6 is 39.0 Å². The molecule has 0 aliphatic carbocycles. The molecule has 0 N–H and O–H groups in total. The van der Waals surface area contributed by atoms with Gasteiger partial charge in [0.15, 0.2) is 10.9 Å². The number of thiophene rings is 1. The number of carbonyl (C=O) groups is 1. The smallest absolute Gasteiger partial charge is 0.268 e. The number of rotatable bonds is 6. The Kier molecular flexibility index (Phi) is 6.75. The lowest BCUT2D eigenvalue weighted by Crippen LogP contribution is -2.28. The van der Waals surface area contributed by atoms with E-state index in [4.69, 9.17) is 4.74 Å². The minimum Gasteiger partial charge on any atom is -0.372 e. The number of halogens is 1. The minimum atomic E-state index is -0.104. The molecule has 1 unspecified atom stereocenters. The van der Waals surface area contributed by atoms with Crippen molar-refractivity contribution in [3.05, 3.63) is 84.9 Å². The zero-order valence-corrected chi connectivity index (χ0v) is 24.3. The van der Waals surface area contributed by atoms with Crippen LogP contribution in [-0.4, -0.2) is 36.8 Å². The standard InChI is InChI=1S/C28H25BrN4O3S2/c1-15(2)22-12-20-23(13-36-22)38-26-24(20)25(35)32(19-10-4-16(3)5-11-19)27-30-31-28(33(26)27)37-14-21(34)17-6-8-18(29)9-7-17/h4-11,15,22H,12-14H2,1-3H3. The van der Waals surface area contributed by atoms with Gasteiger partial charge in [-0.1, -0.05) is 71.4 Å². The van der Waals surface area contributed by atoms with Crippen LogP contribution in [0.4, 0.5) is 0 Å². The number of benzene rings is 2. The Balaban J connectivity index is 1.52. The number of hydrogen-bond donors (Lipinski definition) is 0. The highest BCUT2D eigenvalue weighted by Gasteiger charge is 2.30. The summed E-state index contributed by atoms with van der Waals surface area (Å²) in [5.41, 5.74) is 3.42. The fraction of sp³-hybridized carbons (Fsp3) is 0.286. The summed E-state index contributed by atoms with van der Waals surface area (Å²) < 4.78 is 10.6. The molecule has 0 radical (unpaired) electrons. The lowest BCUT2D eigenvalue weighted by molar-refractivity contribution is 0.00200. The van der Waals surface area contributed by atoms with Gasteiger partial charge in [-0.3, -0.25) is 9.59 Å². The molecular weight excluding hydrogens is 584 g/mol. The molecule has 0 spiro atoms. The van der Waals surface area contributed by atoms with Crippen molar-refractivity contribution in [2.45, 2.75) is 45.1 Å². The molecule has 5 aromatic rings. The first-order chi connectivity index (χ1) is 18.3. The molecule has 0 saturated heterocycles. The van der Waals surface area contributed by atoms with Crippen molar-refractivity contribution in [3.8, 4) is 5.69 Å². The zero-order chi connectivity index (χ0) is 26.6. The van der Waals surface area contributed by atoms with Gasteiger partial charge in [0.25, 0.3) is 5.56 Å². The molecule has 194 valence electrons. The van der Waals surface area contributed by atoms with E-state index in [0.717, 1.165) is 31.0 Å². The van der Waals surface area contributed by atoms with Gasteiger partial charge in [-0.15, -0.1) is 21.5 Å². The third kappa shape index (κ3) is 4.43. The summed E-state index contributed by atoms with van der Waals surface area (Å²) in [6, 6.07) is 15.2. The summed E-state index contributed by atoms with van der Waals surface area (Å²) in [7, 11) is 0. The molecule has 1 atom stereocenters. The fourth-order valence-electron chi connectivity index (χ4n) is 4.74. The van der Waals surface area contributed by atoms with Crippen LogP contribution in [0.2, 0.25) is 0 Å². The highest BCUT2D eigenvalue weighted by atomic mass is 79.9. The number of ether oxygens (including phenoxy) is 1. The average Bonchev–Trinajstić information content (AvgIpc) is 3.50. The number of thioether (sulfide) groups is 1. The second-order valence-electron chi connectivity index (χ2n) is 9.79. The molecule has 0 amide bonds. The van der Waals surface area contributed by atoms with Crippen LogP contribution in [0.25, 0.3) is 21.7 Å². The SMILES string of the molecule is Cc1ccc(-n2c(=O)c3c4c(sc3n3c(SCC(=O)c5ccc(Br)cc5)nnc23)COC(C(C)C)C4)cc1. The lowest BCUT2D eigenvalue weighted by atomic mass is 9.96. The molecule has 0 bridgehead atoms. The fourth-order valence-corrected chi connectivity index (χ4v) is 7.13. The first kappa shape index (κ1) is 25.5. The maximum atomic E-state index is 14.1. The number of carbonyl (C=O) groups excluding carboxylic acids is 1. The van der Waals surface area contributed by atoms with Crippen molar-refractivity contribution in [2.75, 3.05) is 5.75 Å². The molecular formula is C28H25BrN4O3S2. The molecule has 1 aliphatic rings. The number of aromatic nitrogens is 4. The zero-order valence-electron chi connectivity index (χ0n) is 21.1. The normalized spacial score (nSPS) is 15.4. The Hall–Kier alpha value is -2.79. The first-order valence-electron chi connectivity index (χ1n) is 12.4. The summed E-state index contributed by atoms with van der Waals surface area (Å²) in [5, 5.41) is 10.2. The summed E-state index contributed by atoms with van der Waals surface area (Å²) in [6.45, 7) is 6.78. The Bertz CT molecular complexity index is 1740. The summed E-state index contributed by atoms with van der Waals surface area (Å²) in [4.78, 5) is 28.9. The second kappa shape index (κ2) is 10.1. The molecule has 7 nitrogen and oxygen atoms in total. The van der Waals surface area contributed by atoms with Crippen molar-refractivity contribution >= 4 is 60.8 Å². The van der Waals surface area contributed by atoms with Crippen molar-refractivity contribution < 1.29 is 9.53 Å². The van der Waals surface area contributed by atoms with Crippen molar-refractivity contribution in [1.29, 1.82) is 0 Å². The Morgan fingerprint density at radius 2 is 1.89 bits per heavy atom. The molecule has 2 aromatic carbocycles. The first-order valence-corrected chi connectivity index (χ1v) is 15.0. The Labute approximate surface area is 236 Å². The summed E-state index contributed by atoms with van der Waals surface area (Å²) in [6.07, 6.45) is 0.746. The third-order valence-corrected chi connectivity index (χ3v) is 9.52. The monoisotopic (exact) mass is 608 g/mol. The van der Waals surface area contributed by atoms with Crippen LogP contribution < -0.4 is 5.56 Å². The minimum absolute atomic E-state index is 0.000925. The van der Waals surface area contributed by atoms with E-state index in [-0.39, 0.29) is 23.2 Å². The van der Waals surface area contributed by atoms with E-state index in [1.165, 1.54) is 11.8 Å². The number of nitrogens with zero attached hydrogens (tertiary/aromatic N) is 4. The van der Waals surface area contributed by atoms with E-state index >= 15 is 0 Å². The van der Waals surface area contributed by atoms with E-state index in [2.05, 4.69) is 40.0 Å². The van der Waals surface area contributed by atoms with Crippen LogP contribution in [0.3, 0.4) is 0 Å². The van der Waals surface area contributed by atoms with E-state index in [9.17, 15) is 9.59 Å². The van der Waals surface area contributed by atoms with E-state index in [0.29, 0.717) is 40.8 Å². The van der Waals surface area contributed by atoms with Crippen LogP contribution in [0.5, 0.6) is 0 Å². The van der Waals surface area contributed by atoms with Crippen LogP contribution in [-0.2, 0) is 17.8 Å². The number of ketones is 1. The molecule has 6 rings (SSSR count). The van der Waals surface area contributed by atoms with Gasteiger partial charge >= 0.3 is 0 Å². The number of hydrogen-bond acceptors (Lipinski definition) is 7. The predicted octanol–water partition coefficient (Wildman–Crippen LogP) is 6.24. The topological polar surface area (TPSA) is 78.5 Å². The maximum absolute atomic E-state index is 14.1. The molecule has 4 heterocycles. The summed E-state index contributed by atoms with van der Waals surface area (Å²) >= 11 is 6.30. The van der Waals surface area contributed by atoms with Gasteiger partial charge in [0.05, 0.1) is 29.5 Å². The van der Waals surface area contributed by atoms with E-state index < -0.39 is 0 Å². The van der Waals surface area contributed by atoms with E-state index in [1.807, 2.05) is 47.7 Å². The lowest BCUT2D eigenvalue weighted by Gasteiger charge is -2.26. The largest absolute Gasteiger partial charge is 0.372 e.